The number of methoxy groups -OCH3 is 3. The summed E-state index contributed by atoms with van der Waals surface area (Å²) >= 11 is 0. The van der Waals surface area contributed by atoms with Crippen molar-refractivity contribution in [2.75, 3.05) is 21.3 Å². The van der Waals surface area contributed by atoms with E-state index < -0.39 is 14.8 Å². The molecule has 0 fully saturated rings. The van der Waals surface area contributed by atoms with Crippen LogP contribution in [0.2, 0.25) is 0 Å². The van der Waals surface area contributed by atoms with Gasteiger partial charge in [0.1, 0.15) is 17.2 Å². The molecule has 0 saturated carbocycles. The van der Waals surface area contributed by atoms with Gasteiger partial charge in [-0.1, -0.05) is 72.9 Å². The van der Waals surface area contributed by atoms with E-state index in [1.165, 1.54) is 36.4 Å². The smallest absolute Gasteiger partial charge is 0.269 e. The number of rotatable bonds is 12. The van der Waals surface area contributed by atoms with Gasteiger partial charge in [0, 0.05) is 36.4 Å². The van der Waals surface area contributed by atoms with E-state index in [2.05, 4.69) is 0 Å². The number of ether oxygens (including phenoxy) is 3. The van der Waals surface area contributed by atoms with Crippen LogP contribution < -0.4 is 14.2 Å². The van der Waals surface area contributed by atoms with Gasteiger partial charge in [0.15, 0.2) is 0 Å². The van der Waals surface area contributed by atoms with Crippen LogP contribution in [0.3, 0.4) is 0 Å². The molecule has 12 heteroatoms. The van der Waals surface area contributed by atoms with E-state index in [0.29, 0.717) is 0 Å². The maximum absolute atomic E-state index is 10.5. The van der Waals surface area contributed by atoms with Crippen molar-refractivity contribution in [2.45, 2.75) is 0 Å². The van der Waals surface area contributed by atoms with Gasteiger partial charge in [-0.05, 0) is 106 Å². The number of benzene rings is 6. The maximum atomic E-state index is 10.5. The summed E-state index contributed by atoms with van der Waals surface area (Å²) < 4.78 is 15.2. The Morgan fingerprint density at radius 1 is 0.316 bits per heavy atom. The molecule has 0 N–H and O–H groups in total. The summed E-state index contributed by atoms with van der Waals surface area (Å²) in [5.74, 6) is 2.44. The van der Waals surface area contributed by atoms with Gasteiger partial charge in [0.2, 0.25) is 0 Å². The number of nitrogens with zero attached hydrogens (tertiary/aromatic N) is 3. The second kappa shape index (κ2) is 21.7. The molecule has 0 spiro atoms. The molecule has 57 heavy (non-hydrogen) atoms. The number of non-ortho nitro benzene ring substituents is 3. The molecule has 6 aromatic rings. The van der Waals surface area contributed by atoms with Gasteiger partial charge in [-0.25, -0.2) is 0 Å². The average molecular weight is 766 g/mol. The molecule has 6 aromatic carbocycles. The van der Waals surface area contributed by atoms with Gasteiger partial charge in [0.05, 0.1) is 36.1 Å². The standard InChI is InChI=1S/3C15H13NO3/c3*1-19-15-10-6-13(7-11-15)3-2-12-4-8-14(9-5-12)16(17)18/h3*2-11H,1H3/b3*3-2+. The second-order valence-electron chi connectivity index (χ2n) is 11.9. The van der Waals surface area contributed by atoms with Gasteiger partial charge in [0.25, 0.3) is 17.1 Å². The first-order valence-electron chi connectivity index (χ1n) is 17.3. The van der Waals surface area contributed by atoms with Crippen molar-refractivity contribution in [2.24, 2.45) is 0 Å². The topological polar surface area (TPSA) is 157 Å². The molecule has 288 valence electrons. The van der Waals surface area contributed by atoms with E-state index in [1.807, 2.05) is 109 Å². The van der Waals surface area contributed by atoms with Crippen LogP contribution in [0.25, 0.3) is 36.5 Å². The van der Waals surface area contributed by atoms with Crippen LogP contribution in [-0.2, 0) is 0 Å². The summed E-state index contributed by atoms with van der Waals surface area (Å²) in [4.78, 5) is 30.4. The van der Waals surface area contributed by atoms with Crippen LogP contribution in [0.1, 0.15) is 33.4 Å². The van der Waals surface area contributed by atoms with Crippen molar-refractivity contribution in [1.29, 1.82) is 0 Å². The Balaban J connectivity index is 0.000000189. The van der Waals surface area contributed by atoms with Crippen molar-refractivity contribution in [3.05, 3.63) is 209 Å². The molecule has 0 saturated heterocycles. The molecule has 0 unspecified atom stereocenters. The third kappa shape index (κ3) is 14.1. The summed E-state index contributed by atoms with van der Waals surface area (Å²) in [7, 11) is 4.88. The minimum Gasteiger partial charge on any atom is -0.497 e. The minimum atomic E-state index is -0.406. The third-order valence-corrected chi connectivity index (χ3v) is 8.06. The summed E-state index contributed by atoms with van der Waals surface area (Å²) in [5, 5.41) is 31.6. The normalized spacial score (nSPS) is 10.6. The Bertz CT molecular complexity index is 2020. The monoisotopic (exact) mass is 765 g/mol. The zero-order valence-corrected chi connectivity index (χ0v) is 31.3. The molecule has 0 atom stereocenters. The Kier molecular flexibility index (Phi) is 16.0. The highest BCUT2D eigenvalue weighted by Gasteiger charge is 2.04. The molecule has 12 nitrogen and oxygen atoms in total. The second-order valence-corrected chi connectivity index (χ2v) is 11.9. The van der Waals surface area contributed by atoms with Gasteiger partial charge >= 0.3 is 0 Å². The van der Waals surface area contributed by atoms with Crippen molar-refractivity contribution < 1.29 is 29.0 Å². The lowest BCUT2D eigenvalue weighted by Gasteiger charge is -1.99. The van der Waals surface area contributed by atoms with Crippen LogP contribution in [-0.4, -0.2) is 36.1 Å². The Morgan fingerprint density at radius 2 is 0.474 bits per heavy atom. The highest BCUT2D eigenvalue weighted by atomic mass is 16.6. The molecule has 0 aliphatic rings. The first-order valence-corrected chi connectivity index (χ1v) is 17.3. The van der Waals surface area contributed by atoms with Crippen LogP contribution in [0.5, 0.6) is 17.2 Å². The van der Waals surface area contributed by atoms with Crippen LogP contribution in [0, 0.1) is 30.3 Å². The SMILES string of the molecule is COc1ccc(/C=C/c2ccc([N+](=O)[O-])cc2)cc1.COc1ccc(/C=C/c2ccc([N+](=O)[O-])cc2)cc1.COc1ccc(/C=C/c2ccc([N+](=O)[O-])cc2)cc1. The quantitative estimate of drug-likeness (QED) is 0.0671. The number of nitro groups is 3. The third-order valence-electron chi connectivity index (χ3n) is 8.06. The molecule has 0 aromatic heterocycles. The minimum absolute atomic E-state index is 0.0987. The fourth-order valence-corrected chi connectivity index (χ4v) is 4.84. The molecule has 0 radical (unpaired) electrons. The average Bonchev–Trinajstić information content (AvgIpc) is 3.25. The summed E-state index contributed by atoms with van der Waals surface area (Å²) in [6.45, 7) is 0. The first-order chi connectivity index (χ1) is 27.6. The predicted octanol–water partition coefficient (Wildman–Crippen LogP) is 11.3. The van der Waals surface area contributed by atoms with E-state index in [-0.39, 0.29) is 17.1 Å². The highest BCUT2D eigenvalue weighted by molar-refractivity contribution is 5.72. The van der Waals surface area contributed by atoms with E-state index >= 15 is 0 Å². The largest absolute Gasteiger partial charge is 0.497 e. The number of nitro benzene ring substituents is 3. The van der Waals surface area contributed by atoms with Gasteiger partial charge in [-0.3, -0.25) is 30.3 Å². The van der Waals surface area contributed by atoms with Gasteiger partial charge in [-0.2, -0.15) is 0 Å². The molecule has 0 aliphatic carbocycles. The van der Waals surface area contributed by atoms with Crippen molar-refractivity contribution in [3.63, 3.8) is 0 Å². The Labute approximate surface area is 329 Å². The lowest BCUT2D eigenvalue weighted by atomic mass is 10.1. The maximum Gasteiger partial charge on any atom is 0.269 e. The molecule has 0 bridgehead atoms. The Morgan fingerprint density at radius 3 is 0.614 bits per heavy atom. The fourth-order valence-electron chi connectivity index (χ4n) is 4.84. The highest BCUT2D eigenvalue weighted by Crippen LogP contribution is 2.19. The van der Waals surface area contributed by atoms with Crippen LogP contribution in [0.4, 0.5) is 17.1 Å². The van der Waals surface area contributed by atoms with Crippen molar-refractivity contribution >= 4 is 53.5 Å². The molecule has 0 amide bonds. The summed E-state index contributed by atoms with van der Waals surface area (Å²) in [5.41, 5.74) is 6.17. The number of hydrogen-bond donors (Lipinski definition) is 0. The van der Waals surface area contributed by atoms with Crippen molar-refractivity contribution in [1.82, 2.24) is 0 Å². The molecule has 0 aliphatic heterocycles. The summed E-state index contributed by atoms with van der Waals surface area (Å²) in [6, 6.07) is 42.3. The van der Waals surface area contributed by atoms with Crippen molar-refractivity contribution in [3.8, 4) is 17.2 Å². The molecule has 6 rings (SSSR count). The lowest BCUT2D eigenvalue weighted by Crippen LogP contribution is -1.86. The first kappa shape index (κ1) is 41.9. The fraction of sp³-hybridized carbons (Fsp3) is 0.0667. The van der Waals surface area contributed by atoms with E-state index in [9.17, 15) is 30.3 Å². The van der Waals surface area contributed by atoms with Crippen LogP contribution in [0.15, 0.2) is 146 Å². The van der Waals surface area contributed by atoms with Gasteiger partial charge < -0.3 is 14.2 Å². The number of hydrogen-bond acceptors (Lipinski definition) is 9. The zero-order valence-electron chi connectivity index (χ0n) is 31.3. The molecular formula is C45H39N3O9. The molecular weight excluding hydrogens is 727 g/mol. The van der Waals surface area contributed by atoms with E-state index in [4.69, 9.17) is 14.2 Å². The summed E-state index contributed by atoms with van der Waals surface area (Å²) in [6.07, 6.45) is 11.6. The Hall–Kier alpha value is -7.86. The van der Waals surface area contributed by atoms with Gasteiger partial charge in [-0.15, -0.1) is 0 Å². The predicted molar refractivity (Wildman–Crippen MR) is 225 cm³/mol. The van der Waals surface area contributed by atoms with E-state index in [0.717, 1.165) is 50.6 Å². The van der Waals surface area contributed by atoms with E-state index in [1.54, 1.807) is 57.7 Å². The lowest BCUT2D eigenvalue weighted by molar-refractivity contribution is -0.385. The molecule has 0 heterocycles. The van der Waals surface area contributed by atoms with Crippen LogP contribution >= 0.6 is 0 Å². The zero-order chi connectivity index (χ0) is 41.0.